The van der Waals surface area contributed by atoms with Crippen LogP contribution in [0.1, 0.15) is 26.2 Å². The summed E-state index contributed by atoms with van der Waals surface area (Å²) in [6.45, 7) is 2.05. The van der Waals surface area contributed by atoms with Crippen molar-refractivity contribution in [2.45, 2.75) is 32.2 Å². The van der Waals surface area contributed by atoms with Gasteiger partial charge in [0, 0.05) is 6.04 Å². The molecule has 0 aliphatic rings. The first kappa shape index (κ1) is 7.63. The van der Waals surface area contributed by atoms with Gasteiger partial charge in [-0.15, -0.1) is 0 Å². The third-order valence-corrected chi connectivity index (χ3v) is 1.16. The maximum atomic E-state index is 6.57. The van der Waals surface area contributed by atoms with E-state index in [2.05, 4.69) is 13.1 Å². The van der Waals surface area contributed by atoms with Crippen LogP contribution in [0.15, 0.2) is 0 Å². The van der Waals surface area contributed by atoms with Crippen LogP contribution in [0.25, 0.3) is 0 Å². The van der Waals surface area contributed by atoms with Crippen LogP contribution in [-0.4, -0.2) is 12.3 Å². The van der Waals surface area contributed by atoms with E-state index >= 15 is 0 Å². The van der Waals surface area contributed by atoms with Gasteiger partial charge in [0.05, 0.1) is 6.21 Å². The van der Waals surface area contributed by atoms with Gasteiger partial charge in [-0.3, -0.25) is 0 Å². The first-order valence-electron chi connectivity index (χ1n) is 2.96. The lowest BCUT2D eigenvalue weighted by atomic mass is 10.1. The van der Waals surface area contributed by atoms with E-state index in [9.17, 15) is 0 Å². The molecular weight excluding hydrogens is 100 g/mol. The van der Waals surface area contributed by atoms with Crippen LogP contribution in [0.4, 0.5) is 0 Å². The molecule has 47 valence electrons. The number of rotatable bonds is 4. The van der Waals surface area contributed by atoms with E-state index in [0.717, 1.165) is 12.8 Å². The minimum Gasteiger partial charge on any atom is -0.328 e. The highest BCUT2D eigenvalue weighted by atomic mass is 14.6. The van der Waals surface area contributed by atoms with E-state index in [0.29, 0.717) is 6.42 Å². The fourth-order valence-electron chi connectivity index (χ4n) is 0.462. The summed E-state index contributed by atoms with van der Waals surface area (Å²) in [4.78, 5) is 0. The van der Waals surface area contributed by atoms with Gasteiger partial charge in [0.1, 0.15) is 0 Å². The van der Waals surface area contributed by atoms with Crippen LogP contribution in [0.2, 0.25) is 0 Å². The van der Waals surface area contributed by atoms with Crippen molar-refractivity contribution >= 4 is 6.21 Å². The Bertz CT molecular complexity index is 61.5. The summed E-state index contributed by atoms with van der Waals surface area (Å²) in [6, 6.07) is 0.271. The molecular formula is C6H13N2. The minimum absolute atomic E-state index is 0.271. The smallest absolute Gasteiger partial charge is 0.0521 e. The second kappa shape index (κ2) is 4.78. The molecule has 8 heavy (non-hydrogen) atoms. The van der Waals surface area contributed by atoms with Crippen LogP contribution in [0, 0.1) is 5.41 Å². The Morgan fingerprint density at radius 3 is 2.75 bits per heavy atom. The second-order valence-corrected chi connectivity index (χ2v) is 1.88. The molecule has 0 bridgehead atoms. The molecule has 0 aromatic rings. The lowest BCUT2D eigenvalue weighted by Crippen LogP contribution is -2.17. The third-order valence-electron chi connectivity index (χ3n) is 1.16. The highest BCUT2D eigenvalue weighted by molar-refractivity contribution is 5.52. The molecule has 3 N–H and O–H groups in total. The van der Waals surface area contributed by atoms with Gasteiger partial charge in [0.15, 0.2) is 0 Å². The Balaban J connectivity index is 2.97. The summed E-state index contributed by atoms with van der Waals surface area (Å²) in [7, 11) is 0. The van der Waals surface area contributed by atoms with Crippen molar-refractivity contribution in [3.05, 3.63) is 0 Å². The Morgan fingerprint density at radius 2 is 2.38 bits per heavy atom. The van der Waals surface area contributed by atoms with Crippen molar-refractivity contribution in [3.8, 4) is 0 Å². The standard InChI is InChI=1S/C6H13N2/c1-2-6(8)4-3-5-7/h6-7H,2-4,8H2,1H3. The molecule has 0 aliphatic heterocycles. The van der Waals surface area contributed by atoms with Crippen molar-refractivity contribution in [3.63, 3.8) is 0 Å². The van der Waals surface area contributed by atoms with Gasteiger partial charge in [-0.2, -0.15) is 0 Å². The van der Waals surface area contributed by atoms with Crippen molar-refractivity contribution in [2.24, 2.45) is 5.73 Å². The van der Waals surface area contributed by atoms with Crippen molar-refractivity contribution < 1.29 is 0 Å². The molecule has 0 aromatic carbocycles. The fraction of sp³-hybridized carbons (Fsp3) is 0.833. The molecule has 0 saturated heterocycles. The van der Waals surface area contributed by atoms with E-state index in [1.54, 1.807) is 0 Å². The summed E-state index contributed by atoms with van der Waals surface area (Å²) < 4.78 is 0. The summed E-state index contributed by atoms with van der Waals surface area (Å²) in [5, 5.41) is 6.57. The monoisotopic (exact) mass is 113 g/mol. The molecule has 0 aromatic heterocycles. The molecule has 2 heteroatoms. The van der Waals surface area contributed by atoms with Crippen LogP contribution in [0.5, 0.6) is 0 Å². The predicted octanol–water partition coefficient (Wildman–Crippen LogP) is 1.03. The molecule has 0 fully saturated rings. The molecule has 0 amide bonds. The number of nitrogens with one attached hydrogen (secondary N) is 1. The highest BCUT2D eigenvalue weighted by Crippen LogP contribution is 1.94. The Hall–Kier alpha value is -0.370. The van der Waals surface area contributed by atoms with Crippen molar-refractivity contribution in [2.75, 3.05) is 0 Å². The van der Waals surface area contributed by atoms with Crippen molar-refractivity contribution in [1.29, 1.82) is 5.41 Å². The molecule has 0 saturated carbocycles. The first-order chi connectivity index (χ1) is 3.81. The molecule has 0 heterocycles. The summed E-state index contributed by atoms with van der Waals surface area (Å²) in [5.41, 5.74) is 5.54. The van der Waals surface area contributed by atoms with Gasteiger partial charge in [0.25, 0.3) is 0 Å². The summed E-state index contributed by atoms with van der Waals surface area (Å²) in [6.07, 6.45) is 4.91. The van der Waals surface area contributed by atoms with E-state index in [4.69, 9.17) is 11.1 Å². The minimum atomic E-state index is 0.271. The maximum absolute atomic E-state index is 6.57. The van der Waals surface area contributed by atoms with Gasteiger partial charge in [-0.1, -0.05) is 6.92 Å². The summed E-state index contributed by atoms with van der Waals surface area (Å²) >= 11 is 0. The maximum Gasteiger partial charge on any atom is 0.0521 e. The molecule has 1 atom stereocenters. The van der Waals surface area contributed by atoms with Gasteiger partial charge in [-0.05, 0) is 19.3 Å². The number of hydrogen-bond acceptors (Lipinski definition) is 2. The van der Waals surface area contributed by atoms with Gasteiger partial charge in [-0.25, -0.2) is 0 Å². The van der Waals surface area contributed by atoms with Crippen LogP contribution in [0.3, 0.4) is 0 Å². The Kier molecular flexibility index (Phi) is 4.56. The number of hydrogen-bond donors (Lipinski definition) is 2. The highest BCUT2D eigenvalue weighted by Gasteiger charge is 1.94. The molecule has 1 unspecified atom stereocenters. The predicted molar refractivity (Wildman–Crippen MR) is 35.2 cm³/mol. The van der Waals surface area contributed by atoms with Crippen molar-refractivity contribution in [1.82, 2.24) is 0 Å². The largest absolute Gasteiger partial charge is 0.328 e. The zero-order valence-electron chi connectivity index (χ0n) is 5.28. The fourth-order valence-corrected chi connectivity index (χ4v) is 0.462. The third kappa shape index (κ3) is 3.81. The molecule has 0 spiro atoms. The van der Waals surface area contributed by atoms with Crippen LogP contribution < -0.4 is 5.73 Å². The van der Waals surface area contributed by atoms with Crippen LogP contribution in [-0.2, 0) is 0 Å². The average molecular weight is 113 g/mol. The second-order valence-electron chi connectivity index (χ2n) is 1.88. The first-order valence-corrected chi connectivity index (χ1v) is 2.96. The normalized spacial score (nSPS) is 13.2. The van der Waals surface area contributed by atoms with E-state index in [-0.39, 0.29) is 6.04 Å². The lowest BCUT2D eigenvalue weighted by molar-refractivity contribution is 0.612. The Labute approximate surface area is 50.6 Å². The topological polar surface area (TPSA) is 49.9 Å². The molecule has 0 aliphatic carbocycles. The van der Waals surface area contributed by atoms with E-state index in [1.807, 2.05) is 0 Å². The lowest BCUT2D eigenvalue weighted by Gasteiger charge is -2.03. The van der Waals surface area contributed by atoms with Gasteiger partial charge < -0.3 is 11.1 Å². The van der Waals surface area contributed by atoms with Crippen LogP contribution >= 0.6 is 0 Å². The quantitative estimate of drug-likeness (QED) is 0.525. The van der Waals surface area contributed by atoms with E-state index < -0.39 is 0 Å². The Morgan fingerprint density at radius 1 is 1.75 bits per heavy atom. The zero-order valence-corrected chi connectivity index (χ0v) is 5.28. The van der Waals surface area contributed by atoms with E-state index in [1.165, 1.54) is 0 Å². The number of nitrogens with two attached hydrogens (primary N) is 1. The van der Waals surface area contributed by atoms with Gasteiger partial charge in [0.2, 0.25) is 0 Å². The molecule has 0 rings (SSSR count). The van der Waals surface area contributed by atoms with Gasteiger partial charge >= 0.3 is 0 Å². The average Bonchev–Trinajstić information content (AvgIpc) is 1.83. The molecule has 1 radical (unpaired) electrons. The SMILES string of the molecule is CCC(N)CC[C]=N. The zero-order chi connectivity index (χ0) is 6.41. The summed E-state index contributed by atoms with van der Waals surface area (Å²) in [5.74, 6) is 0. The molecule has 2 nitrogen and oxygen atoms in total.